The van der Waals surface area contributed by atoms with Crippen LogP contribution in [0.25, 0.3) is 22.6 Å². The number of aromatic amines is 1. The van der Waals surface area contributed by atoms with Gasteiger partial charge in [-0.15, -0.1) is 0 Å². The van der Waals surface area contributed by atoms with Crippen LogP contribution in [0.1, 0.15) is 18.2 Å². The molecule has 0 bridgehead atoms. The number of nitrogens with zero attached hydrogens (tertiary/aromatic N) is 4. The minimum atomic E-state index is 0.246. The maximum Gasteiger partial charge on any atom is 0.162 e. The summed E-state index contributed by atoms with van der Waals surface area (Å²) in [5, 5.41) is 12.0. The average Bonchev–Trinajstić information content (AvgIpc) is 3.27. The van der Waals surface area contributed by atoms with Gasteiger partial charge in [0.05, 0.1) is 18.2 Å². The van der Waals surface area contributed by atoms with Crippen LogP contribution in [-0.2, 0) is 4.74 Å². The standard InChI is InChI=1S/C16H17N5O/c1-11-14(15(20-19-11)12-5-3-2-4-6-12)16-17-10-18-21(16)13-7-8-22-9-13/h2-6,10,13H,7-9H2,1H3,(H,19,20). The molecule has 0 saturated carbocycles. The van der Waals surface area contributed by atoms with E-state index >= 15 is 0 Å². The van der Waals surface area contributed by atoms with Crippen LogP contribution in [0.3, 0.4) is 0 Å². The summed E-state index contributed by atoms with van der Waals surface area (Å²) < 4.78 is 7.46. The maximum absolute atomic E-state index is 5.49. The molecule has 4 rings (SSSR count). The summed E-state index contributed by atoms with van der Waals surface area (Å²) in [6.07, 6.45) is 2.57. The van der Waals surface area contributed by atoms with Crippen LogP contribution in [0.15, 0.2) is 36.7 Å². The zero-order valence-electron chi connectivity index (χ0n) is 12.4. The SMILES string of the molecule is Cc1[nH]nc(-c2ccccc2)c1-c1ncnn1C1CCOC1. The molecule has 1 saturated heterocycles. The van der Waals surface area contributed by atoms with Crippen molar-refractivity contribution in [2.75, 3.05) is 13.2 Å². The van der Waals surface area contributed by atoms with Crippen molar-refractivity contribution in [1.29, 1.82) is 0 Å². The number of benzene rings is 1. The number of hydrogen-bond acceptors (Lipinski definition) is 4. The third kappa shape index (κ3) is 2.12. The van der Waals surface area contributed by atoms with E-state index in [-0.39, 0.29) is 6.04 Å². The van der Waals surface area contributed by atoms with Gasteiger partial charge in [0.25, 0.3) is 0 Å². The van der Waals surface area contributed by atoms with Crippen molar-refractivity contribution < 1.29 is 4.74 Å². The van der Waals surface area contributed by atoms with Crippen LogP contribution in [0.5, 0.6) is 0 Å². The molecule has 0 aliphatic carbocycles. The number of rotatable bonds is 3. The fourth-order valence-corrected chi connectivity index (χ4v) is 2.92. The summed E-state index contributed by atoms with van der Waals surface area (Å²) in [5.74, 6) is 0.848. The van der Waals surface area contributed by atoms with Gasteiger partial charge in [0.15, 0.2) is 5.82 Å². The Balaban J connectivity index is 1.84. The third-order valence-electron chi connectivity index (χ3n) is 4.04. The predicted molar refractivity (Wildman–Crippen MR) is 82.2 cm³/mol. The Morgan fingerprint density at radius 2 is 2.14 bits per heavy atom. The second kappa shape index (κ2) is 5.38. The molecule has 0 spiro atoms. The van der Waals surface area contributed by atoms with Crippen molar-refractivity contribution in [3.63, 3.8) is 0 Å². The molecule has 0 radical (unpaired) electrons. The van der Waals surface area contributed by atoms with Gasteiger partial charge in [-0.25, -0.2) is 9.67 Å². The second-order valence-corrected chi connectivity index (χ2v) is 5.48. The number of nitrogens with one attached hydrogen (secondary N) is 1. The van der Waals surface area contributed by atoms with E-state index in [9.17, 15) is 0 Å². The molecule has 1 atom stereocenters. The molecule has 1 fully saturated rings. The van der Waals surface area contributed by atoms with Gasteiger partial charge in [0.2, 0.25) is 0 Å². The van der Waals surface area contributed by atoms with Gasteiger partial charge in [-0.2, -0.15) is 10.2 Å². The van der Waals surface area contributed by atoms with Gasteiger partial charge >= 0.3 is 0 Å². The lowest BCUT2D eigenvalue weighted by Crippen LogP contribution is -2.12. The molecule has 6 heteroatoms. The fraction of sp³-hybridized carbons (Fsp3) is 0.312. The Morgan fingerprint density at radius 1 is 1.27 bits per heavy atom. The molecular formula is C16H17N5O. The zero-order valence-corrected chi connectivity index (χ0v) is 12.4. The van der Waals surface area contributed by atoms with Crippen molar-refractivity contribution >= 4 is 0 Å². The van der Waals surface area contributed by atoms with Crippen molar-refractivity contribution in [1.82, 2.24) is 25.0 Å². The molecule has 3 heterocycles. The van der Waals surface area contributed by atoms with Crippen LogP contribution in [0, 0.1) is 6.92 Å². The first-order valence-corrected chi connectivity index (χ1v) is 7.42. The highest BCUT2D eigenvalue weighted by Crippen LogP contribution is 2.33. The van der Waals surface area contributed by atoms with Crippen LogP contribution < -0.4 is 0 Å². The lowest BCUT2D eigenvalue weighted by molar-refractivity contribution is 0.185. The molecule has 1 unspecified atom stereocenters. The van der Waals surface area contributed by atoms with E-state index in [0.29, 0.717) is 6.61 Å². The third-order valence-corrected chi connectivity index (χ3v) is 4.04. The first-order valence-electron chi connectivity index (χ1n) is 7.42. The van der Waals surface area contributed by atoms with Crippen LogP contribution in [0.4, 0.5) is 0 Å². The summed E-state index contributed by atoms with van der Waals surface area (Å²) in [6, 6.07) is 10.4. The van der Waals surface area contributed by atoms with Gasteiger partial charge in [-0.3, -0.25) is 5.10 Å². The van der Waals surface area contributed by atoms with E-state index < -0.39 is 0 Å². The minimum Gasteiger partial charge on any atom is -0.379 e. The van der Waals surface area contributed by atoms with E-state index in [2.05, 4.69) is 32.4 Å². The fourth-order valence-electron chi connectivity index (χ4n) is 2.92. The smallest absolute Gasteiger partial charge is 0.162 e. The number of H-pyrrole nitrogens is 1. The van der Waals surface area contributed by atoms with Gasteiger partial charge in [0, 0.05) is 17.9 Å². The second-order valence-electron chi connectivity index (χ2n) is 5.48. The Bertz CT molecular complexity index is 771. The molecular weight excluding hydrogens is 278 g/mol. The van der Waals surface area contributed by atoms with E-state index in [4.69, 9.17) is 4.74 Å². The van der Waals surface area contributed by atoms with E-state index in [1.54, 1.807) is 6.33 Å². The largest absolute Gasteiger partial charge is 0.379 e. The van der Waals surface area contributed by atoms with Gasteiger partial charge in [0.1, 0.15) is 12.0 Å². The highest BCUT2D eigenvalue weighted by molar-refractivity contribution is 5.79. The topological polar surface area (TPSA) is 68.6 Å². The molecule has 2 aromatic heterocycles. The summed E-state index contributed by atoms with van der Waals surface area (Å²) in [6.45, 7) is 3.48. The first-order chi connectivity index (χ1) is 10.8. The quantitative estimate of drug-likeness (QED) is 0.806. The lowest BCUT2D eigenvalue weighted by Gasteiger charge is -2.12. The Morgan fingerprint density at radius 3 is 2.91 bits per heavy atom. The number of aryl methyl sites for hydroxylation is 1. The lowest BCUT2D eigenvalue weighted by atomic mass is 10.1. The molecule has 1 aromatic carbocycles. The number of hydrogen-bond donors (Lipinski definition) is 1. The van der Waals surface area contributed by atoms with Crippen LogP contribution >= 0.6 is 0 Å². The van der Waals surface area contributed by atoms with E-state index in [1.807, 2.05) is 29.8 Å². The molecule has 1 aliphatic heterocycles. The van der Waals surface area contributed by atoms with Gasteiger partial charge in [-0.05, 0) is 13.3 Å². The van der Waals surface area contributed by atoms with Crippen molar-refractivity contribution in [3.8, 4) is 22.6 Å². The predicted octanol–water partition coefficient (Wildman–Crippen LogP) is 2.61. The summed E-state index contributed by atoms with van der Waals surface area (Å²) >= 11 is 0. The van der Waals surface area contributed by atoms with E-state index in [1.165, 1.54) is 0 Å². The first kappa shape index (κ1) is 13.2. The molecule has 112 valence electrons. The van der Waals surface area contributed by atoms with Crippen molar-refractivity contribution in [2.45, 2.75) is 19.4 Å². The van der Waals surface area contributed by atoms with Crippen molar-refractivity contribution in [3.05, 3.63) is 42.4 Å². The minimum absolute atomic E-state index is 0.246. The normalized spacial score (nSPS) is 18.0. The Labute approximate surface area is 128 Å². The van der Waals surface area contributed by atoms with Crippen LogP contribution in [0.2, 0.25) is 0 Å². The average molecular weight is 295 g/mol. The van der Waals surface area contributed by atoms with E-state index in [0.717, 1.165) is 41.4 Å². The van der Waals surface area contributed by atoms with Gasteiger partial charge < -0.3 is 4.74 Å². The molecule has 1 aliphatic rings. The highest BCUT2D eigenvalue weighted by Gasteiger charge is 2.25. The van der Waals surface area contributed by atoms with Gasteiger partial charge in [-0.1, -0.05) is 30.3 Å². The Hall–Kier alpha value is -2.47. The zero-order chi connectivity index (χ0) is 14.9. The van der Waals surface area contributed by atoms with Crippen LogP contribution in [-0.4, -0.2) is 38.2 Å². The maximum atomic E-state index is 5.49. The summed E-state index contributed by atoms with van der Waals surface area (Å²) in [5.41, 5.74) is 3.98. The highest BCUT2D eigenvalue weighted by atomic mass is 16.5. The molecule has 1 N–H and O–H groups in total. The number of ether oxygens (including phenoxy) is 1. The summed E-state index contributed by atoms with van der Waals surface area (Å²) in [4.78, 5) is 4.49. The molecule has 6 nitrogen and oxygen atoms in total. The molecule has 0 amide bonds. The number of aromatic nitrogens is 5. The molecule has 3 aromatic rings. The summed E-state index contributed by atoms with van der Waals surface area (Å²) in [7, 11) is 0. The molecule has 22 heavy (non-hydrogen) atoms. The Kier molecular flexibility index (Phi) is 3.23. The van der Waals surface area contributed by atoms with Crippen molar-refractivity contribution in [2.24, 2.45) is 0 Å². The monoisotopic (exact) mass is 295 g/mol.